The molecule has 0 spiro atoms. The van der Waals surface area contributed by atoms with E-state index >= 15 is 0 Å². The summed E-state index contributed by atoms with van der Waals surface area (Å²) in [5.74, 6) is -0.607. The lowest BCUT2D eigenvalue weighted by Gasteiger charge is -2.32. The predicted molar refractivity (Wildman–Crippen MR) is 51.4 cm³/mol. The summed E-state index contributed by atoms with van der Waals surface area (Å²) < 4.78 is 5.03. The van der Waals surface area contributed by atoms with Crippen molar-refractivity contribution in [3.63, 3.8) is 0 Å². The first kappa shape index (κ1) is 10.3. The quantitative estimate of drug-likeness (QED) is 0.758. The Hall–Kier alpha value is -1.26. The summed E-state index contributed by atoms with van der Waals surface area (Å²) in [4.78, 5) is 23.5. The average Bonchev–Trinajstić information content (AvgIpc) is 3.00. The van der Waals surface area contributed by atoms with Crippen LogP contribution < -0.4 is 0 Å². The van der Waals surface area contributed by atoms with E-state index in [9.17, 15) is 9.59 Å². The molecule has 2 rings (SSSR count). The largest absolute Gasteiger partial charge is 0.481 e. The summed E-state index contributed by atoms with van der Waals surface area (Å²) in [7, 11) is 0. The molecule has 1 saturated carbocycles. The zero-order valence-electron chi connectivity index (χ0n) is 8.52. The van der Waals surface area contributed by atoms with Crippen LogP contribution in [0.4, 0.5) is 4.79 Å². The molecule has 2 fully saturated rings. The fourth-order valence-corrected chi connectivity index (χ4v) is 1.86. The number of hydrogen-bond donors (Lipinski definition) is 1. The van der Waals surface area contributed by atoms with Crippen LogP contribution in [-0.2, 0) is 9.53 Å². The number of amides is 1. The van der Waals surface area contributed by atoms with Crippen LogP contribution in [0, 0.1) is 5.92 Å². The number of hydrogen-bond acceptors (Lipinski definition) is 3. The molecule has 1 N–H and O–H groups in total. The highest BCUT2D eigenvalue weighted by molar-refractivity contribution is 5.69. The first-order valence-corrected chi connectivity index (χ1v) is 5.32. The lowest BCUT2D eigenvalue weighted by molar-refractivity contribution is -0.137. The van der Waals surface area contributed by atoms with Crippen molar-refractivity contribution in [3.05, 3.63) is 0 Å². The maximum atomic E-state index is 11.3. The third-order valence-electron chi connectivity index (χ3n) is 2.89. The van der Waals surface area contributed by atoms with Gasteiger partial charge < -0.3 is 14.7 Å². The van der Waals surface area contributed by atoms with Gasteiger partial charge in [-0.2, -0.15) is 0 Å². The Kier molecular flexibility index (Phi) is 2.79. The van der Waals surface area contributed by atoms with Crippen LogP contribution >= 0.6 is 0 Å². The minimum atomic E-state index is -0.787. The second-order valence-electron chi connectivity index (χ2n) is 4.26. The van der Waals surface area contributed by atoms with Crippen molar-refractivity contribution >= 4 is 12.1 Å². The summed E-state index contributed by atoms with van der Waals surface area (Å²) >= 11 is 0. The summed E-state index contributed by atoms with van der Waals surface area (Å²) in [6.45, 7) is 1.03. The monoisotopic (exact) mass is 213 g/mol. The van der Waals surface area contributed by atoms with E-state index in [-0.39, 0.29) is 18.4 Å². The molecule has 5 heteroatoms. The van der Waals surface area contributed by atoms with Crippen LogP contribution in [0.5, 0.6) is 0 Å². The normalized spacial score (nSPS) is 26.3. The van der Waals surface area contributed by atoms with E-state index in [1.54, 1.807) is 4.90 Å². The van der Waals surface area contributed by atoms with Gasteiger partial charge in [0.2, 0.25) is 0 Å². The molecule has 84 valence electrons. The Balaban J connectivity index is 1.82. The first-order chi connectivity index (χ1) is 7.16. The Bertz CT molecular complexity index is 275. The van der Waals surface area contributed by atoms with Crippen molar-refractivity contribution in [2.24, 2.45) is 5.92 Å². The van der Waals surface area contributed by atoms with Gasteiger partial charge in [-0.15, -0.1) is 0 Å². The van der Waals surface area contributed by atoms with Gasteiger partial charge >= 0.3 is 12.1 Å². The van der Waals surface area contributed by atoms with E-state index in [4.69, 9.17) is 9.84 Å². The number of nitrogens with zero attached hydrogens (tertiary/aromatic N) is 1. The van der Waals surface area contributed by atoms with Crippen molar-refractivity contribution in [1.82, 2.24) is 4.90 Å². The maximum absolute atomic E-state index is 11.3. The minimum absolute atomic E-state index is 0.153. The van der Waals surface area contributed by atoms with Crippen molar-refractivity contribution < 1.29 is 19.4 Å². The van der Waals surface area contributed by atoms with Gasteiger partial charge in [0, 0.05) is 24.9 Å². The molecule has 1 saturated heterocycles. The number of cyclic esters (lactones) is 1. The van der Waals surface area contributed by atoms with E-state index in [0.717, 1.165) is 12.8 Å². The number of carbonyl (C=O) groups is 2. The molecular formula is C10H15NO4. The lowest BCUT2D eigenvalue weighted by Crippen LogP contribution is -2.44. The Morgan fingerprint density at radius 1 is 1.53 bits per heavy atom. The van der Waals surface area contributed by atoms with Crippen LogP contribution in [0.3, 0.4) is 0 Å². The number of carboxylic acid groups (broad SMARTS) is 1. The molecule has 0 aromatic heterocycles. The maximum Gasteiger partial charge on any atom is 0.410 e. The summed E-state index contributed by atoms with van der Waals surface area (Å²) in [5.41, 5.74) is 0. The highest BCUT2D eigenvalue weighted by Crippen LogP contribution is 2.30. The van der Waals surface area contributed by atoms with Crippen molar-refractivity contribution in [3.8, 4) is 0 Å². The summed E-state index contributed by atoms with van der Waals surface area (Å²) in [6.07, 6.45) is 2.62. The van der Waals surface area contributed by atoms with Crippen LogP contribution in [0.15, 0.2) is 0 Å². The molecule has 1 heterocycles. The zero-order chi connectivity index (χ0) is 10.8. The average molecular weight is 213 g/mol. The van der Waals surface area contributed by atoms with Crippen molar-refractivity contribution in [2.45, 2.75) is 31.7 Å². The number of ether oxygens (including phenoxy) is 1. The van der Waals surface area contributed by atoms with Crippen molar-refractivity contribution in [2.75, 3.05) is 13.2 Å². The molecule has 1 aliphatic heterocycles. The van der Waals surface area contributed by atoms with E-state index in [0.29, 0.717) is 25.6 Å². The van der Waals surface area contributed by atoms with E-state index < -0.39 is 5.97 Å². The van der Waals surface area contributed by atoms with Gasteiger partial charge in [-0.05, 0) is 19.3 Å². The van der Waals surface area contributed by atoms with Gasteiger partial charge in [-0.25, -0.2) is 4.79 Å². The first-order valence-electron chi connectivity index (χ1n) is 5.32. The van der Waals surface area contributed by atoms with E-state index in [1.165, 1.54) is 0 Å². The molecule has 1 atom stereocenters. The lowest BCUT2D eigenvalue weighted by atomic mass is 10.0. The molecule has 5 nitrogen and oxygen atoms in total. The molecule has 0 aromatic carbocycles. The molecule has 2 aliphatic rings. The van der Waals surface area contributed by atoms with Crippen LogP contribution in [0.1, 0.15) is 25.7 Å². The Labute approximate surface area is 88.0 Å². The molecule has 1 unspecified atom stereocenters. The van der Waals surface area contributed by atoms with Crippen LogP contribution in [0.2, 0.25) is 0 Å². The Morgan fingerprint density at radius 2 is 2.27 bits per heavy atom. The smallest absolute Gasteiger partial charge is 0.410 e. The summed E-state index contributed by atoms with van der Waals surface area (Å²) in [6, 6.07) is 0.352. The highest BCUT2D eigenvalue weighted by Gasteiger charge is 2.37. The second kappa shape index (κ2) is 4.08. The fourth-order valence-electron chi connectivity index (χ4n) is 1.86. The van der Waals surface area contributed by atoms with Gasteiger partial charge in [-0.1, -0.05) is 0 Å². The number of rotatable bonds is 4. The molecule has 0 radical (unpaired) electrons. The third kappa shape index (κ3) is 2.61. The number of carboxylic acids is 1. The highest BCUT2D eigenvalue weighted by atomic mass is 16.6. The number of aliphatic carboxylic acids is 1. The third-order valence-corrected chi connectivity index (χ3v) is 2.89. The Morgan fingerprint density at radius 3 is 2.87 bits per heavy atom. The van der Waals surface area contributed by atoms with Gasteiger partial charge in [0.25, 0.3) is 0 Å². The molecule has 1 aliphatic carbocycles. The number of carbonyl (C=O) groups excluding carboxylic acids is 1. The molecular weight excluding hydrogens is 198 g/mol. The zero-order valence-corrected chi connectivity index (χ0v) is 8.52. The molecule has 0 aromatic rings. The molecule has 0 bridgehead atoms. The van der Waals surface area contributed by atoms with E-state index in [2.05, 4.69) is 0 Å². The fraction of sp³-hybridized carbons (Fsp3) is 0.800. The molecule has 15 heavy (non-hydrogen) atoms. The van der Waals surface area contributed by atoms with E-state index in [1.807, 2.05) is 0 Å². The van der Waals surface area contributed by atoms with Gasteiger partial charge in [0.1, 0.15) is 0 Å². The van der Waals surface area contributed by atoms with Crippen LogP contribution in [0.25, 0.3) is 0 Å². The predicted octanol–water partition coefficient (Wildman–Crippen LogP) is 1.08. The minimum Gasteiger partial charge on any atom is -0.481 e. The van der Waals surface area contributed by atoms with Gasteiger partial charge in [0.15, 0.2) is 0 Å². The topological polar surface area (TPSA) is 66.8 Å². The van der Waals surface area contributed by atoms with Crippen LogP contribution in [-0.4, -0.2) is 41.3 Å². The van der Waals surface area contributed by atoms with Crippen molar-refractivity contribution in [1.29, 1.82) is 0 Å². The van der Waals surface area contributed by atoms with Gasteiger partial charge in [0.05, 0.1) is 6.61 Å². The van der Waals surface area contributed by atoms with Gasteiger partial charge in [-0.3, -0.25) is 4.79 Å². The molecule has 1 amide bonds. The second-order valence-corrected chi connectivity index (χ2v) is 4.26. The SMILES string of the molecule is O=C(O)CCC1COC(=O)N(C2CC2)C1. The standard InChI is InChI=1S/C10H15NO4/c12-9(13)4-1-7-5-11(8-2-3-8)10(14)15-6-7/h7-8H,1-6H2,(H,12,13). The summed E-state index contributed by atoms with van der Waals surface area (Å²) in [5, 5.41) is 8.56.